The van der Waals surface area contributed by atoms with Crippen molar-refractivity contribution in [2.45, 2.75) is 31.5 Å². The molecule has 1 amide bonds. The van der Waals surface area contributed by atoms with Gasteiger partial charge in [0.25, 0.3) is 5.91 Å². The molecule has 1 aromatic carbocycles. The number of carbonyl (C=O) groups excluding carboxylic acids is 1. The van der Waals surface area contributed by atoms with E-state index >= 15 is 4.39 Å². The molecule has 2 aromatic heterocycles. The van der Waals surface area contributed by atoms with E-state index in [1.807, 2.05) is 0 Å². The average Bonchev–Trinajstić information content (AvgIpc) is 2.84. The predicted octanol–water partition coefficient (Wildman–Crippen LogP) is 4.48. The van der Waals surface area contributed by atoms with E-state index in [1.165, 1.54) is 10.2 Å². The number of fused-ring (bicyclic) bond motifs is 1. The number of pyridine rings is 2. The maximum atomic E-state index is 15.1. The van der Waals surface area contributed by atoms with Crippen LogP contribution in [-0.2, 0) is 4.74 Å². The number of aromatic nitrogens is 2. The van der Waals surface area contributed by atoms with Gasteiger partial charge in [0.15, 0.2) is 28.9 Å². The van der Waals surface area contributed by atoms with Gasteiger partial charge >= 0.3 is 12.1 Å². The second-order valence-electron chi connectivity index (χ2n) is 9.38. The van der Waals surface area contributed by atoms with Crippen molar-refractivity contribution < 1.29 is 49.0 Å². The average molecular weight is 582 g/mol. The Kier molecular flexibility index (Phi) is 7.28. The number of nitrogens with one attached hydrogen (secondary N) is 1. The topological polar surface area (TPSA) is 76.5 Å². The highest BCUT2D eigenvalue weighted by molar-refractivity contribution is 5.98. The molecule has 1 saturated heterocycles. The molecule has 1 aliphatic rings. The van der Waals surface area contributed by atoms with E-state index in [0.717, 1.165) is 0 Å². The van der Waals surface area contributed by atoms with E-state index in [0.29, 0.717) is 30.7 Å². The van der Waals surface area contributed by atoms with Crippen LogP contribution in [0.5, 0.6) is 0 Å². The molecular weight excluding hydrogens is 563 g/mol. The zero-order chi connectivity index (χ0) is 29.8. The van der Waals surface area contributed by atoms with Crippen molar-refractivity contribution in [2.75, 3.05) is 31.2 Å². The number of hydrogen-bond acceptors (Lipinski definition) is 5. The number of carbonyl (C=O) groups is 1. The maximum absolute atomic E-state index is 15.1. The number of morpholine rings is 1. The van der Waals surface area contributed by atoms with Crippen LogP contribution in [0, 0.1) is 23.3 Å². The Morgan fingerprint density at radius 1 is 0.950 bits per heavy atom. The molecule has 1 N–H and O–H groups in total. The lowest BCUT2D eigenvalue weighted by atomic mass is 9.94. The van der Waals surface area contributed by atoms with E-state index in [9.17, 15) is 44.7 Å². The number of hydrogen-bond donors (Lipinski definition) is 1. The molecule has 40 heavy (non-hydrogen) atoms. The molecule has 0 radical (unpaired) electrons. The van der Waals surface area contributed by atoms with Gasteiger partial charge in [-0.3, -0.25) is 14.2 Å². The quantitative estimate of drug-likeness (QED) is 0.449. The lowest BCUT2D eigenvalue weighted by Gasteiger charge is -2.35. The largest absolute Gasteiger partial charge is 0.455 e. The van der Waals surface area contributed by atoms with Crippen LogP contribution in [0.3, 0.4) is 0 Å². The summed E-state index contributed by atoms with van der Waals surface area (Å²) in [5.41, 5.74) is -7.59. The second-order valence-corrected chi connectivity index (χ2v) is 9.38. The molecular formula is C24H19F9N4O3. The van der Waals surface area contributed by atoms with Crippen LogP contribution in [0.4, 0.5) is 45.3 Å². The summed E-state index contributed by atoms with van der Waals surface area (Å²) < 4.78 is 131. The van der Waals surface area contributed by atoms with Crippen LogP contribution < -0.4 is 15.6 Å². The molecule has 1 aliphatic heterocycles. The fourth-order valence-electron chi connectivity index (χ4n) is 4.09. The highest BCUT2D eigenvalue weighted by Gasteiger charge is 2.67. The number of benzene rings is 1. The maximum Gasteiger partial charge on any atom is 0.455 e. The number of amides is 1. The third kappa shape index (κ3) is 4.95. The standard InChI is InChI=1S/C24H19F9N4O3/c1-22(2,23(29,30)24(31,32)33)35-21(39)13-10-37(17-14(26)7-11(25)8-15(17)27)19-12(18(13)38)9-16(28)20(34-19)36-3-5-40-6-4-36/h7-10H,3-6H2,1-2H3,(H,35,39). The molecule has 3 aromatic rings. The van der Waals surface area contributed by atoms with Gasteiger partial charge in [-0.25, -0.2) is 22.5 Å². The third-order valence-electron chi connectivity index (χ3n) is 6.26. The lowest BCUT2D eigenvalue weighted by molar-refractivity contribution is -0.305. The first-order valence-electron chi connectivity index (χ1n) is 11.5. The Hall–Kier alpha value is -3.82. The van der Waals surface area contributed by atoms with Crippen molar-refractivity contribution in [3.8, 4) is 5.69 Å². The molecule has 1 fully saturated rings. The summed E-state index contributed by atoms with van der Waals surface area (Å²) in [6.07, 6.45) is -5.66. The van der Waals surface area contributed by atoms with Crippen molar-refractivity contribution >= 4 is 22.8 Å². The van der Waals surface area contributed by atoms with Crippen LogP contribution in [0.2, 0.25) is 0 Å². The van der Waals surface area contributed by atoms with Crippen LogP contribution in [-0.4, -0.2) is 59.4 Å². The van der Waals surface area contributed by atoms with E-state index in [4.69, 9.17) is 4.74 Å². The van der Waals surface area contributed by atoms with Gasteiger partial charge in [0, 0.05) is 31.4 Å². The first kappa shape index (κ1) is 29.2. The van der Waals surface area contributed by atoms with E-state index in [1.54, 1.807) is 0 Å². The Morgan fingerprint density at radius 3 is 2.08 bits per heavy atom. The zero-order valence-corrected chi connectivity index (χ0v) is 20.6. The zero-order valence-electron chi connectivity index (χ0n) is 20.6. The Morgan fingerprint density at radius 2 is 1.52 bits per heavy atom. The monoisotopic (exact) mass is 582 g/mol. The van der Waals surface area contributed by atoms with E-state index < -0.39 is 74.5 Å². The fourth-order valence-corrected chi connectivity index (χ4v) is 4.09. The summed E-state index contributed by atoms with van der Waals surface area (Å²) in [5, 5.41) is 0.641. The molecule has 4 rings (SSSR count). The summed E-state index contributed by atoms with van der Waals surface area (Å²) in [6.45, 7) is 1.30. The van der Waals surface area contributed by atoms with Gasteiger partial charge in [-0.1, -0.05) is 0 Å². The first-order valence-corrected chi connectivity index (χ1v) is 11.5. The van der Waals surface area contributed by atoms with Crippen LogP contribution in [0.1, 0.15) is 24.2 Å². The van der Waals surface area contributed by atoms with E-state index in [2.05, 4.69) is 4.98 Å². The van der Waals surface area contributed by atoms with Crippen molar-refractivity contribution in [3.05, 3.63) is 63.5 Å². The molecule has 216 valence electrons. The number of halogens is 9. The van der Waals surface area contributed by atoms with Crippen LogP contribution in [0.15, 0.2) is 29.2 Å². The molecule has 0 spiro atoms. The number of rotatable bonds is 5. The highest BCUT2D eigenvalue weighted by Crippen LogP contribution is 2.43. The summed E-state index contributed by atoms with van der Waals surface area (Å²) >= 11 is 0. The van der Waals surface area contributed by atoms with Crippen LogP contribution in [0.25, 0.3) is 16.7 Å². The van der Waals surface area contributed by atoms with Gasteiger partial charge in [0.05, 0.1) is 18.6 Å². The van der Waals surface area contributed by atoms with Crippen molar-refractivity contribution in [3.63, 3.8) is 0 Å². The van der Waals surface area contributed by atoms with Gasteiger partial charge < -0.3 is 15.0 Å². The summed E-state index contributed by atoms with van der Waals surface area (Å²) in [7, 11) is 0. The van der Waals surface area contributed by atoms with Gasteiger partial charge in [-0.2, -0.15) is 22.0 Å². The Labute approximate surface area is 219 Å². The molecule has 3 heterocycles. The first-order chi connectivity index (χ1) is 18.5. The molecule has 16 heteroatoms. The van der Waals surface area contributed by atoms with Gasteiger partial charge in [0.1, 0.15) is 22.6 Å². The third-order valence-corrected chi connectivity index (χ3v) is 6.26. The predicted molar refractivity (Wildman–Crippen MR) is 123 cm³/mol. The second kappa shape index (κ2) is 9.98. The molecule has 0 saturated carbocycles. The number of ether oxygens (including phenoxy) is 1. The molecule has 0 aliphatic carbocycles. The highest BCUT2D eigenvalue weighted by atomic mass is 19.4. The molecule has 0 atom stereocenters. The smallest absolute Gasteiger partial charge is 0.378 e. The Bertz CT molecular complexity index is 1520. The van der Waals surface area contributed by atoms with Crippen LogP contribution >= 0.6 is 0 Å². The fraction of sp³-hybridized carbons (Fsp3) is 0.375. The molecule has 0 unspecified atom stereocenters. The molecule has 7 nitrogen and oxygen atoms in total. The van der Waals surface area contributed by atoms with Gasteiger partial charge in [-0.05, 0) is 19.9 Å². The number of alkyl halides is 5. The van der Waals surface area contributed by atoms with Gasteiger partial charge in [-0.15, -0.1) is 0 Å². The minimum Gasteiger partial charge on any atom is -0.378 e. The van der Waals surface area contributed by atoms with E-state index in [-0.39, 0.29) is 44.3 Å². The SMILES string of the molecule is CC(C)(NC(=O)c1cn(-c2c(F)cc(F)cc2F)c2nc(N3CCOCC3)c(F)cc2c1=O)C(F)(F)C(F)(F)F. The normalized spacial score (nSPS) is 15.0. The minimum atomic E-state index is -6.10. The van der Waals surface area contributed by atoms with Crippen molar-refractivity contribution in [2.24, 2.45) is 0 Å². The van der Waals surface area contributed by atoms with Gasteiger partial charge in [0.2, 0.25) is 5.43 Å². The summed E-state index contributed by atoms with van der Waals surface area (Å²) in [5.74, 6) is -13.2. The lowest BCUT2D eigenvalue weighted by Crippen LogP contribution is -2.62. The minimum absolute atomic E-state index is 0.141. The summed E-state index contributed by atoms with van der Waals surface area (Å²) in [4.78, 5) is 31.5. The van der Waals surface area contributed by atoms with Crippen molar-refractivity contribution in [1.29, 1.82) is 0 Å². The number of anilines is 1. The number of nitrogens with zero attached hydrogens (tertiary/aromatic N) is 3. The molecule has 0 bridgehead atoms. The Balaban J connectivity index is 1.97. The van der Waals surface area contributed by atoms with Crippen molar-refractivity contribution in [1.82, 2.24) is 14.9 Å². The summed E-state index contributed by atoms with van der Waals surface area (Å²) in [6, 6.07) is 1.08.